The molecule has 0 fully saturated rings. The van der Waals surface area contributed by atoms with Gasteiger partial charge in [0, 0.05) is 17.6 Å². The molecule has 2 rings (SSSR count). The van der Waals surface area contributed by atoms with Crippen molar-refractivity contribution < 1.29 is 8.60 Å². The number of nitrogens with two attached hydrogens (primary N) is 1. The Hall–Kier alpha value is -1.69. The number of anilines is 1. The average Bonchev–Trinajstić information content (AvgIpc) is 2.56. The number of aromatic nitrogens is 2. The monoisotopic (exact) mass is 267 g/mol. The average molecular weight is 267 g/mol. The van der Waals surface area contributed by atoms with E-state index < -0.39 is 16.6 Å². The summed E-state index contributed by atoms with van der Waals surface area (Å²) >= 11 is 0. The second-order valence-electron chi connectivity index (χ2n) is 4.11. The molecule has 1 atom stereocenters. The highest BCUT2D eigenvalue weighted by atomic mass is 32.2. The van der Waals surface area contributed by atoms with E-state index in [0.29, 0.717) is 10.6 Å². The van der Waals surface area contributed by atoms with E-state index in [1.807, 2.05) is 13.0 Å². The number of halogens is 1. The van der Waals surface area contributed by atoms with Crippen LogP contribution in [0.4, 0.5) is 10.1 Å². The summed E-state index contributed by atoms with van der Waals surface area (Å²) in [7, 11) is 0.458. The predicted octanol–water partition coefficient (Wildman–Crippen LogP) is 1.76. The van der Waals surface area contributed by atoms with Crippen LogP contribution in [0.2, 0.25) is 0 Å². The predicted molar refractivity (Wildman–Crippen MR) is 68.9 cm³/mol. The number of rotatable bonds is 3. The van der Waals surface area contributed by atoms with Crippen LogP contribution in [-0.2, 0) is 23.6 Å². The van der Waals surface area contributed by atoms with Crippen LogP contribution in [0, 0.1) is 12.7 Å². The maximum atomic E-state index is 13.2. The summed E-state index contributed by atoms with van der Waals surface area (Å²) in [5.74, 6) is -0.181. The maximum Gasteiger partial charge on any atom is 0.126 e. The van der Waals surface area contributed by atoms with Crippen LogP contribution < -0.4 is 5.73 Å². The van der Waals surface area contributed by atoms with Gasteiger partial charge in [-0.2, -0.15) is 5.10 Å². The second-order valence-corrected chi connectivity index (χ2v) is 5.56. The van der Waals surface area contributed by atoms with E-state index in [9.17, 15) is 8.60 Å². The van der Waals surface area contributed by atoms with Crippen LogP contribution in [0.15, 0.2) is 29.2 Å². The Morgan fingerprint density at radius 3 is 2.67 bits per heavy atom. The lowest BCUT2D eigenvalue weighted by Gasteiger charge is -2.04. The number of nitrogen functional groups attached to an aromatic ring is 1. The molecule has 6 heteroatoms. The van der Waals surface area contributed by atoms with Gasteiger partial charge in [0.2, 0.25) is 0 Å². The van der Waals surface area contributed by atoms with E-state index in [0.717, 1.165) is 11.4 Å². The van der Waals surface area contributed by atoms with Gasteiger partial charge in [-0.25, -0.2) is 4.39 Å². The van der Waals surface area contributed by atoms with Gasteiger partial charge >= 0.3 is 0 Å². The van der Waals surface area contributed by atoms with Crippen LogP contribution >= 0.6 is 0 Å². The van der Waals surface area contributed by atoms with Gasteiger partial charge in [0.1, 0.15) is 5.82 Å². The molecule has 0 saturated heterocycles. The number of benzene rings is 1. The van der Waals surface area contributed by atoms with Crippen molar-refractivity contribution >= 4 is 16.5 Å². The fourth-order valence-corrected chi connectivity index (χ4v) is 2.95. The second kappa shape index (κ2) is 4.89. The van der Waals surface area contributed by atoms with E-state index in [2.05, 4.69) is 5.10 Å². The van der Waals surface area contributed by atoms with Gasteiger partial charge in [0.15, 0.2) is 0 Å². The lowest BCUT2D eigenvalue weighted by atomic mass is 10.3. The Bertz CT molecular complexity index is 589. The highest BCUT2D eigenvalue weighted by molar-refractivity contribution is 7.84. The van der Waals surface area contributed by atoms with E-state index in [-0.39, 0.29) is 5.69 Å². The van der Waals surface area contributed by atoms with Gasteiger partial charge in [-0.3, -0.25) is 8.89 Å². The molecule has 1 unspecified atom stereocenters. The van der Waals surface area contributed by atoms with Crippen molar-refractivity contribution in [3.63, 3.8) is 0 Å². The molecular formula is C12H14FN3OS. The molecular weight excluding hydrogens is 253 g/mol. The summed E-state index contributed by atoms with van der Waals surface area (Å²) in [6.07, 6.45) is 0. The molecule has 2 aromatic rings. The fourth-order valence-electron chi connectivity index (χ4n) is 1.73. The smallest absolute Gasteiger partial charge is 0.126 e. The maximum absolute atomic E-state index is 13.2. The Labute approximate surface area is 107 Å². The Morgan fingerprint density at radius 2 is 2.11 bits per heavy atom. The molecule has 96 valence electrons. The zero-order valence-electron chi connectivity index (χ0n) is 10.2. The fraction of sp³-hybridized carbons (Fsp3) is 0.250. The number of nitrogens with zero attached hydrogens (tertiary/aromatic N) is 2. The summed E-state index contributed by atoms with van der Waals surface area (Å²) < 4.78 is 27.0. The highest BCUT2D eigenvalue weighted by Gasteiger charge is 2.11. The van der Waals surface area contributed by atoms with Crippen LogP contribution in [-0.4, -0.2) is 14.0 Å². The molecule has 18 heavy (non-hydrogen) atoms. The van der Waals surface area contributed by atoms with E-state index in [1.54, 1.807) is 11.7 Å². The first-order valence-corrected chi connectivity index (χ1v) is 6.71. The summed E-state index contributed by atoms with van der Waals surface area (Å²) in [5, 5.41) is 4.18. The van der Waals surface area contributed by atoms with Gasteiger partial charge in [-0.1, -0.05) is 0 Å². The number of hydrogen-bond acceptors (Lipinski definition) is 3. The van der Waals surface area contributed by atoms with Crippen molar-refractivity contribution in [1.82, 2.24) is 9.78 Å². The van der Waals surface area contributed by atoms with Crippen LogP contribution in [0.1, 0.15) is 11.4 Å². The van der Waals surface area contributed by atoms with Crippen LogP contribution in [0.25, 0.3) is 0 Å². The third-order valence-corrected chi connectivity index (χ3v) is 3.85. The van der Waals surface area contributed by atoms with Crippen molar-refractivity contribution in [2.75, 3.05) is 5.73 Å². The molecule has 4 nitrogen and oxygen atoms in total. The largest absolute Gasteiger partial charge is 0.399 e. The Balaban J connectivity index is 2.24. The lowest BCUT2D eigenvalue weighted by molar-refractivity contribution is 0.623. The number of aryl methyl sites for hydroxylation is 2. The van der Waals surface area contributed by atoms with Crippen molar-refractivity contribution in [2.45, 2.75) is 17.6 Å². The summed E-state index contributed by atoms with van der Waals surface area (Å²) in [6.45, 7) is 1.87. The van der Waals surface area contributed by atoms with E-state index >= 15 is 0 Å². The van der Waals surface area contributed by atoms with Gasteiger partial charge in [0.25, 0.3) is 0 Å². The molecule has 0 aliphatic heterocycles. The van der Waals surface area contributed by atoms with Crippen molar-refractivity contribution in [2.24, 2.45) is 7.05 Å². The molecule has 0 bridgehead atoms. The lowest BCUT2D eigenvalue weighted by Crippen LogP contribution is -2.04. The van der Waals surface area contributed by atoms with Crippen LogP contribution in [0.3, 0.4) is 0 Å². The molecule has 0 aliphatic rings. The molecule has 0 aliphatic carbocycles. The van der Waals surface area contributed by atoms with Gasteiger partial charge in [-0.05, 0) is 31.2 Å². The summed E-state index contributed by atoms with van der Waals surface area (Å²) in [6, 6.07) is 5.84. The van der Waals surface area contributed by atoms with Crippen molar-refractivity contribution in [3.05, 3.63) is 41.5 Å². The molecule has 2 N–H and O–H groups in total. The summed E-state index contributed by atoms with van der Waals surface area (Å²) in [4.78, 5) is 0.395. The third kappa shape index (κ3) is 2.76. The molecule has 0 radical (unpaired) electrons. The van der Waals surface area contributed by atoms with Gasteiger partial charge in [0.05, 0.1) is 27.9 Å². The van der Waals surface area contributed by atoms with Gasteiger partial charge in [-0.15, -0.1) is 0 Å². The summed E-state index contributed by atoms with van der Waals surface area (Å²) in [5.41, 5.74) is 7.52. The van der Waals surface area contributed by atoms with E-state index in [4.69, 9.17) is 5.73 Å². The zero-order valence-corrected chi connectivity index (χ0v) is 11.0. The molecule has 1 aromatic carbocycles. The normalized spacial score (nSPS) is 12.6. The standard InChI is InChI=1S/C12H14FN3OS/c1-8-3-11(16(2)15-8)7-18(17)12-5-9(13)4-10(14)6-12/h3-6H,7,14H2,1-2H3. The number of hydrogen-bond donors (Lipinski definition) is 1. The first-order chi connectivity index (χ1) is 8.45. The SMILES string of the molecule is Cc1cc(CS(=O)c2cc(N)cc(F)c2)n(C)n1. The van der Waals surface area contributed by atoms with Crippen molar-refractivity contribution in [1.29, 1.82) is 0 Å². The zero-order chi connectivity index (χ0) is 13.3. The first kappa shape index (κ1) is 12.8. The topological polar surface area (TPSA) is 60.9 Å². The Morgan fingerprint density at radius 1 is 1.39 bits per heavy atom. The molecule has 1 aromatic heterocycles. The van der Waals surface area contributed by atoms with Crippen molar-refractivity contribution in [3.8, 4) is 0 Å². The first-order valence-electron chi connectivity index (χ1n) is 5.39. The molecule has 0 saturated carbocycles. The third-order valence-electron chi connectivity index (χ3n) is 2.53. The quantitative estimate of drug-likeness (QED) is 0.862. The van der Waals surface area contributed by atoms with Gasteiger partial charge < -0.3 is 5.73 Å². The minimum atomic E-state index is -1.33. The molecule has 1 heterocycles. The van der Waals surface area contributed by atoms with Crippen LogP contribution in [0.5, 0.6) is 0 Å². The Kier molecular flexibility index (Phi) is 3.47. The minimum absolute atomic E-state index is 0.277. The minimum Gasteiger partial charge on any atom is -0.399 e. The molecule has 0 amide bonds. The molecule has 0 spiro atoms. The highest BCUT2D eigenvalue weighted by Crippen LogP contribution is 2.17. The van der Waals surface area contributed by atoms with E-state index in [1.165, 1.54) is 18.2 Å².